The molecule has 2 rings (SSSR count). The number of nitrogens with one attached hydrogen (secondary N) is 1. The summed E-state index contributed by atoms with van der Waals surface area (Å²) in [6, 6.07) is 5.56. The van der Waals surface area contributed by atoms with Crippen LogP contribution in [0.15, 0.2) is 30.5 Å². The quantitative estimate of drug-likeness (QED) is 0.739. The molecule has 4 N–H and O–H groups in total. The standard InChI is InChI=1S/C10H9FN4O2/c11-6-1-3-7(4-2-6)15-5-8(9(12)14-15)13-10(16)17/h1-5,13H,(H2,12,14)(H,16,17). The van der Waals surface area contributed by atoms with Gasteiger partial charge in [-0.25, -0.2) is 13.9 Å². The zero-order valence-electron chi connectivity index (χ0n) is 8.59. The van der Waals surface area contributed by atoms with Crippen molar-refractivity contribution in [3.05, 3.63) is 36.3 Å². The van der Waals surface area contributed by atoms with Crippen molar-refractivity contribution in [3.63, 3.8) is 0 Å². The highest BCUT2D eigenvalue weighted by molar-refractivity contribution is 5.86. The summed E-state index contributed by atoms with van der Waals surface area (Å²) in [4.78, 5) is 10.5. The fourth-order valence-electron chi connectivity index (χ4n) is 1.32. The van der Waals surface area contributed by atoms with E-state index in [9.17, 15) is 9.18 Å². The van der Waals surface area contributed by atoms with E-state index < -0.39 is 6.09 Å². The second kappa shape index (κ2) is 4.12. The lowest BCUT2D eigenvalue weighted by molar-refractivity contribution is 0.210. The van der Waals surface area contributed by atoms with Gasteiger partial charge in [0.2, 0.25) is 0 Å². The summed E-state index contributed by atoms with van der Waals surface area (Å²) >= 11 is 0. The number of carbonyl (C=O) groups is 1. The molecule has 0 radical (unpaired) electrons. The molecule has 0 aliphatic heterocycles. The van der Waals surface area contributed by atoms with Gasteiger partial charge < -0.3 is 10.8 Å². The number of carboxylic acid groups (broad SMARTS) is 1. The maximum atomic E-state index is 12.7. The number of nitrogens with zero attached hydrogens (tertiary/aromatic N) is 2. The molecule has 0 aliphatic carbocycles. The summed E-state index contributed by atoms with van der Waals surface area (Å²) in [6.45, 7) is 0. The normalized spacial score (nSPS) is 10.2. The Bertz CT molecular complexity index is 550. The van der Waals surface area contributed by atoms with Crippen molar-refractivity contribution >= 4 is 17.6 Å². The average molecular weight is 236 g/mol. The van der Waals surface area contributed by atoms with E-state index in [-0.39, 0.29) is 17.3 Å². The van der Waals surface area contributed by atoms with E-state index in [4.69, 9.17) is 10.8 Å². The van der Waals surface area contributed by atoms with Gasteiger partial charge in [-0.1, -0.05) is 0 Å². The Morgan fingerprint density at radius 2 is 2.06 bits per heavy atom. The van der Waals surface area contributed by atoms with Crippen LogP contribution in [0.25, 0.3) is 5.69 Å². The molecule has 0 saturated carbocycles. The summed E-state index contributed by atoms with van der Waals surface area (Å²) in [6.07, 6.45) is 0.187. The largest absolute Gasteiger partial charge is 0.465 e. The second-order valence-corrected chi connectivity index (χ2v) is 3.28. The van der Waals surface area contributed by atoms with Crippen LogP contribution in [0.3, 0.4) is 0 Å². The van der Waals surface area contributed by atoms with E-state index in [0.717, 1.165) is 0 Å². The summed E-state index contributed by atoms with van der Waals surface area (Å²) in [5.74, 6) is -0.311. The van der Waals surface area contributed by atoms with Crippen LogP contribution in [0, 0.1) is 5.82 Å². The molecular weight excluding hydrogens is 227 g/mol. The van der Waals surface area contributed by atoms with Gasteiger partial charge in [0.05, 0.1) is 11.9 Å². The topological polar surface area (TPSA) is 93.2 Å². The highest BCUT2D eigenvalue weighted by Gasteiger charge is 2.09. The average Bonchev–Trinajstić information content (AvgIpc) is 2.60. The third-order valence-corrected chi connectivity index (χ3v) is 2.08. The molecule has 1 heterocycles. The van der Waals surface area contributed by atoms with Crippen molar-refractivity contribution in [3.8, 4) is 5.69 Å². The van der Waals surface area contributed by atoms with Gasteiger partial charge in [-0.2, -0.15) is 0 Å². The Hall–Kier alpha value is -2.57. The number of benzene rings is 1. The predicted octanol–water partition coefficient (Wildman–Crippen LogP) is 1.68. The minimum Gasteiger partial charge on any atom is -0.465 e. The molecular formula is C10H9FN4O2. The van der Waals surface area contributed by atoms with E-state index in [1.54, 1.807) is 0 Å². The van der Waals surface area contributed by atoms with Crippen LogP contribution < -0.4 is 11.1 Å². The van der Waals surface area contributed by atoms with Gasteiger partial charge in [-0.3, -0.25) is 5.32 Å². The van der Waals surface area contributed by atoms with Crippen molar-refractivity contribution in [1.29, 1.82) is 0 Å². The zero-order valence-corrected chi connectivity index (χ0v) is 8.59. The fourth-order valence-corrected chi connectivity index (χ4v) is 1.32. The molecule has 6 nitrogen and oxygen atoms in total. The molecule has 1 aromatic carbocycles. The molecule has 0 bridgehead atoms. The number of halogens is 1. The minimum atomic E-state index is -1.23. The van der Waals surface area contributed by atoms with Crippen molar-refractivity contribution in [2.24, 2.45) is 0 Å². The van der Waals surface area contributed by atoms with Gasteiger partial charge in [-0.05, 0) is 24.3 Å². The van der Waals surface area contributed by atoms with Crippen molar-refractivity contribution in [2.45, 2.75) is 0 Å². The third-order valence-electron chi connectivity index (χ3n) is 2.08. The van der Waals surface area contributed by atoms with Crippen LogP contribution in [0.4, 0.5) is 20.7 Å². The SMILES string of the molecule is Nc1nn(-c2ccc(F)cc2)cc1NC(=O)O. The molecule has 2 aromatic rings. The summed E-state index contributed by atoms with van der Waals surface area (Å²) in [5, 5.41) is 14.6. The maximum Gasteiger partial charge on any atom is 0.409 e. The van der Waals surface area contributed by atoms with E-state index in [1.165, 1.54) is 35.1 Å². The highest BCUT2D eigenvalue weighted by Crippen LogP contribution is 2.19. The Labute approximate surface area is 95.5 Å². The van der Waals surface area contributed by atoms with Gasteiger partial charge in [0.1, 0.15) is 11.5 Å². The Morgan fingerprint density at radius 3 is 2.65 bits per heavy atom. The van der Waals surface area contributed by atoms with Gasteiger partial charge >= 0.3 is 6.09 Å². The van der Waals surface area contributed by atoms with Gasteiger partial charge in [-0.15, -0.1) is 5.10 Å². The van der Waals surface area contributed by atoms with Crippen molar-refractivity contribution < 1.29 is 14.3 Å². The molecule has 17 heavy (non-hydrogen) atoms. The van der Waals surface area contributed by atoms with E-state index >= 15 is 0 Å². The lowest BCUT2D eigenvalue weighted by Gasteiger charge is -1.99. The molecule has 88 valence electrons. The van der Waals surface area contributed by atoms with Crippen LogP contribution in [0.1, 0.15) is 0 Å². The molecule has 0 atom stereocenters. The third kappa shape index (κ3) is 2.33. The van der Waals surface area contributed by atoms with Crippen LogP contribution in [-0.2, 0) is 0 Å². The number of amides is 1. The molecule has 7 heteroatoms. The van der Waals surface area contributed by atoms with Crippen LogP contribution in [0.2, 0.25) is 0 Å². The van der Waals surface area contributed by atoms with Crippen molar-refractivity contribution in [1.82, 2.24) is 9.78 Å². The number of nitrogens with two attached hydrogens (primary N) is 1. The Balaban J connectivity index is 2.34. The molecule has 0 saturated heterocycles. The number of hydrogen-bond donors (Lipinski definition) is 3. The zero-order chi connectivity index (χ0) is 12.4. The number of aromatic nitrogens is 2. The van der Waals surface area contributed by atoms with Crippen LogP contribution in [-0.4, -0.2) is 21.0 Å². The lowest BCUT2D eigenvalue weighted by atomic mass is 10.3. The van der Waals surface area contributed by atoms with Crippen molar-refractivity contribution in [2.75, 3.05) is 11.1 Å². The van der Waals surface area contributed by atoms with E-state index in [2.05, 4.69) is 10.4 Å². The summed E-state index contributed by atoms with van der Waals surface area (Å²) in [5.41, 5.74) is 6.29. The van der Waals surface area contributed by atoms with E-state index in [0.29, 0.717) is 5.69 Å². The van der Waals surface area contributed by atoms with Crippen LogP contribution >= 0.6 is 0 Å². The lowest BCUT2D eigenvalue weighted by Crippen LogP contribution is -2.07. The molecule has 0 fully saturated rings. The fraction of sp³-hybridized carbons (Fsp3) is 0. The first-order valence-corrected chi connectivity index (χ1v) is 4.67. The number of nitrogen functional groups attached to an aromatic ring is 1. The summed E-state index contributed by atoms with van der Waals surface area (Å²) in [7, 11) is 0. The van der Waals surface area contributed by atoms with Gasteiger partial charge in [0, 0.05) is 0 Å². The predicted molar refractivity (Wildman–Crippen MR) is 59.6 cm³/mol. The first kappa shape index (κ1) is 10.9. The van der Waals surface area contributed by atoms with Crippen LogP contribution in [0.5, 0.6) is 0 Å². The smallest absolute Gasteiger partial charge is 0.409 e. The minimum absolute atomic E-state index is 0.0525. The first-order valence-electron chi connectivity index (χ1n) is 4.67. The maximum absolute atomic E-state index is 12.7. The Morgan fingerprint density at radius 1 is 1.41 bits per heavy atom. The number of anilines is 2. The highest BCUT2D eigenvalue weighted by atomic mass is 19.1. The first-order chi connectivity index (χ1) is 8.06. The number of hydrogen-bond acceptors (Lipinski definition) is 3. The molecule has 0 aliphatic rings. The van der Waals surface area contributed by atoms with E-state index in [1.807, 2.05) is 0 Å². The van der Waals surface area contributed by atoms with Gasteiger partial charge in [0.25, 0.3) is 0 Å². The monoisotopic (exact) mass is 236 g/mol. The Kier molecular flexibility index (Phi) is 2.65. The molecule has 1 aromatic heterocycles. The molecule has 0 unspecified atom stereocenters. The molecule has 1 amide bonds. The second-order valence-electron chi connectivity index (χ2n) is 3.28. The summed E-state index contributed by atoms with van der Waals surface area (Å²) < 4.78 is 14.1. The number of rotatable bonds is 2. The molecule has 0 spiro atoms. The van der Waals surface area contributed by atoms with Gasteiger partial charge in [0.15, 0.2) is 5.82 Å².